The van der Waals surface area contributed by atoms with Gasteiger partial charge in [0.25, 0.3) is 0 Å². The Bertz CT molecular complexity index is 675. The Morgan fingerprint density at radius 1 is 1.30 bits per heavy atom. The highest BCUT2D eigenvalue weighted by atomic mass is 35.5. The van der Waals surface area contributed by atoms with E-state index in [-0.39, 0.29) is 0 Å². The van der Waals surface area contributed by atoms with Crippen molar-refractivity contribution in [2.24, 2.45) is 0 Å². The first-order valence-electron chi connectivity index (χ1n) is 6.83. The first-order valence-corrected chi connectivity index (χ1v) is 7.21. The van der Waals surface area contributed by atoms with E-state index in [1.807, 2.05) is 18.2 Å². The lowest BCUT2D eigenvalue weighted by Crippen LogP contribution is -2.31. The second-order valence-corrected chi connectivity index (χ2v) is 5.76. The molecule has 0 aliphatic heterocycles. The molecule has 2 nitrogen and oxygen atoms in total. The average Bonchev–Trinajstić information content (AvgIpc) is 2.50. The van der Waals surface area contributed by atoms with Gasteiger partial charge < -0.3 is 0 Å². The molecule has 0 bridgehead atoms. The molecule has 1 atom stereocenters. The van der Waals surface area contributed by atoms with Gasteiger partial charge in [0.05, 0.1) is 16.5 Å². The van der Waals surface area contributed by atoms with Gasteiger partial charge in [0, 0.05) is 12.4 Å². The van der Waals surface area contributed by atoms with Crippen LogP contribution >= 0.6 is 11.6 Å². The molecule has 20 heavy (non-hydrogen) atoms. The molecule has 2 aromatic rings. The number of halogens is 1. The van der Waals surface area contributed by atoms with Crippen molar-refractivity contribution >= 4 is 11.6 Å². The van der Waals surface area contributed by atoms with Crippen molar-refractivity contribution in [1.29, 1.82) is 5.26 Å². The summed E-state index contributed by atoms with van der Waals surface area (Å²) in [5, 5.41) is 10.5. The van der Waals surface area contributed by atoms with Gasteiger partial charge in [-0.1, -0.05) is 35.9 Å². The summed E-state index contributed by atoms with van der Waals surface area (Å²) in [4.78, 5) is 4.02. The maximum absolute atomic E-state index is 9.83. The predicted octanol–water partition coefficient (Wildman–Crippen LogP) is 4.08. The number of aromatic nitrogens is 1. The monoisotopic (exact) mass is 282 g/mol. The van der Waals surface area contributed by atoms with Gasteiger partial charge in [0.15, 0.2) is 0 Å². The first-order chi connectivity index (χ1) is 9.75. The summed E-state index contributed by atoms with van der Waals surface area (Å²) in [5.41, 5.74) is 3.01. The van der Waals surface area contributed by atoms with Crippen molar-refractivity contribution in [2.45, 2.75) is 31.1 Å². The summed E-state index contributed by atoms with van der Waals surface area (Å²) in [6, 6.07) is 12.8. The Morgan fingerprint density at radius 3 is 2.95 bits per heavy atom. The van der Waals surface area contributed by atoms with Crippen molar-refractivity contribution < 1.29 is 0 Å². The van der Waals surface area contributed by atoms with Crippen LogP contribution in [0.4, 0.5) is 0 Å². The summed E-state index contributed by atoms with van der Waals surface area (Å²) in [7, 11) is 0. The lowest BCUT2D eigenvalue weighted by Gasteiger charge is -2.33. The van der Waals surface area contributed by atoms with E-state index in [1.54, 1.807) is 12.4 Å². The maximum atomic E-state index is 9.83. The Morgan fingerprint density at radius 2 is 2.15 bits per heavy atom. The van der Waals surface area contributed by atoms with E-state index in [1.165, 1.54) is 11.1 Å². The molecular formula is C17H15ClN2. The molecule has 1 heterocycles. The zero-order chi connectivity index (χ0) is 14.0. The number of hydrogen-bond acceptors (Lipinski definition) is 2. The molecule has 1 aliphatic carbocycles. The summed E-state index contributed by atoms with van der Waals surface area (Å²) in [6.45, 7) is 0. The molecule has 1 unspecified atom stereocenters. The fourth-order valence-electron chi connectivity index (χ4n) is 3.13. The van der Waals surface area contributed by atoms with E-state index < -0.39 is 5.41 Å². The Balaban J connectivity index is 2.06. The minimum Gasteiger partial charge on any atom is -0.263 e. The molecule has 1 aromatic carbocycles. The highest BCUT2D eigenvalue weighted by molar-refractivity contribution is 6.31. The largest absolute Gasteiger partial charge is 0.263 e. The van der Waals surface area contributed by atoms with E-state index in [4.69, 9.17) is 11.6 Å². The molecule has 3 rings (SSSR count). The second kappa shape index (κ2) is 5.26. The zero-order valence-electron chi connectivity index (χ0n) is 11.1. The van der Waals surface area contributed by atoms with Crippen molar-refractivity contribution in [3.05, 3.63) is 64.4 Å². The molecule has 0 saturated carbocycles. The van der Waals surface area contributed by atoms with Gasteiger partial charge in [-0.2, -0.15) is 5.26 Å². The van der Waals surface area contributed by atoms with Gasteiger partial charge in [-0.25, -0.2) is 0 Å². The molecule has 1 aliphatic rings. The van der Waals surface area contributed by atoms with Crippen LogP contribution in [0, 0.1) is 11.3 Å². The molecule has 0 amide bonds. The standard InChI is InChI=1S/C17H15ClN2/c18-16-11-20-9-7-14(16)10-17(12-19)8-3-5-13-4-1-2-6-15(13)17/h1-2,4,6-7,9,11H,3,5,8,10H2. The number of hydrogen-bond donors (Lipinski definition) is 0. The fraction of sp³-hybridized carbons (Fsp3) is 0.294. The number of pyridine rings is 1. The lowest BCUT2D eigenvalue weighted by molar-refractivity contribution is 0.450. The smallest absolute Gasteiger partial charge is 0.0865 e. The quantitative estimate of drug-likeness (QED) is 0.832. The van der Waals surface area contributed by atoms with Gasteiger partial charge >= 0.3 is 0 Å². The molecule has 3 heteroatoms. The van der Waals surface area contributed by atoms with Crippen LogP contribution < -0.4 is 0 Å². The number of fused-ring (bicyclic) bond motifs is 1. The number of rotatable bonds is 2. The average molecular weight is 283 g/mol. The molecule has 0 spiro atoms. The SMILES string of the molecule is N#CC1(Cc2ccncc2Cl)CCCc2ccccc21. The lowest BCUT2D eigenvalue weighted by atomic mass is 9.68. The Kier molecular flexibility index (Phi) is 3.46. The molecule has 0 saturated heterocycles. The highest BCUT2D eigenvalue weighted by Crippen LogP contribution is 2.40. The highest BCUT2D eigenvalue weighted by Gasteiger charge is 2.37. The van der Waals surface area contributed by atoms with Crippen LogP contribution in [0.1, 0.15) is 29.5 Å². The molecule has 0 N–H and O–H groups in total. The fourth-order valence-corrected chi connectivity index (χ4v) is 3.32. The van der Waals surface area contributed by atoms with Crippen molar-refractivity contribution in [3.63, 3.8) is 0 Å². The van der Waals surface area contributed by atoms with Crippen LogP contribution in [0.2, 0.25) is 5.02 Å². The number of nitrogens with zero attached hydrogens (tertiary/aromatic N) is 2. The maximum Gasteiger partial charge on any atom is 0.0865 e. The molecule has 100 valence electrons. The van der Waals surface area contributed by atoms with Crippen LogP contribution in [0.5, 0.6) is 0 Å². The van der Waals surface area contributed by atoms with Gasteiger partial charge in [-0.05, 0) is 48.4 Å². The van der Waals surface area contributed by atoms with Crippen LogP contribution in [0.25, 0.3) is 0 Å². The summed E-state index contributed by atoms with van der Waals surface area (Å²) < 4.78 is 0. The normalized spacial score (nSPS) is 21.0. The van der Waals surface area contributed by atoms with Crippen LogP contribution in [0.15, 0.2) is 42.7 Å². The van der Waals surface area contributed by atoms with Crippen molar-refractivity contribution in [3.8, 4) is 6.07 Å². The number of nitriles is 1. The van der Waals surface area contributed by atoms with Crippen molar-refractivity contribution in [1.82, 2.24) is 4.98 Å². The molecule has 0 fully saturated rings. The van der Waals surface area contributed by atoms with E-state index >= 15 is 0 Å². The minimum atomic E-state index is -0.458. The number of benzene rings is 1. The predicted molar refractivity (Wildman–Crippen MR) is 79.6 cm³/mol. The van der Waals surface area contributed by atoms with Gasteiger partial charge in [-0.3, -0.25) is 4.98 Å². The van der Waals surface area contributed by atoms with E-state index in [9.17, 15) is 5.26 Å². The van der Waals surface area contributed by atoms with E-state index in [2.05, 4.69) is 23.2 Å². The minimum absolute atomic E-state index is 0.458. The third-order valence-electron chi connectivity index (χ3n) is 4.15. The van der Waals surface area contributed by atoms with Crippen LogP contribution in [0.3, 0.4) is 0 Å². The zero-order valence-corrected chi connectivity index (χ0v) is 11.9. The van der Waals surface area contributed by atoms with Gasteiger partial charge in [0.1, 0.15) is 0 Å². The van der Waals surface area contributed by atoms with Crippen LogP contribution in [-0.4, -0.2) is 4.98 Å². The summed E-state index contributed by atoms with van der Waals surface area (Å²) in [6.07, 6.45) is 7.04. The third kappa shape index (κ3) is 2.19. The molecule has 1 aromatic heterocycles. The van der Waals surface area contributed by atoms with Crippen LogP contribution in [-0.2, 0) is 18.3 Å². The van der Waals surface area contributed by atoms with Gasteiger partial charge in [0.2, 0.25) is 0 Å². The second-order valence-electron chi connectivity index (χ2n) is 5.35. The Hall–Kier alpha value is -1.85. The molecular weight excluding hydrogens is 268 g/mol. The summed E-state index contributed by atoms with van der Waals surface area (Å²) >= 11 is 6.22. The molecule has 0 radical (unpaired) electrons. The Labute approximate surface area is 124 Å². The van der Waals surface area contributed by atoms with Gasteiger partial charge in [-0.15, -0.1) is 0 Å². The number of aryl methyl sites for hydroxylation is 1. The third-order valence-corrected chi connectivity index (χ3v) is 4.49. The van der Waals surface area contributed by atoms with Crippen molar-refractivity contribution in [2.75, 3.05) is 0 Å². The van der Waals surface area contributed by atoms with E-state index in [0.717, 1.165) is 24.8 Å². The first kappa shape index (κ1) is 13.1. The summed E-state index contributed by atoms with van der Waals surface area (Å²) in [5.74, 6) is 0. The topological polar surface area (TPSA) is 36.7 Å². The van der Waals surface area contributed by atoms with E-state index in [0.29, 0.717) is 11.4 Å².